The van der Waals surface area contributed by atoms with E-state index in [2.05, 4.69) is 15.3 Å². The number of hydrogen-bond donors (Lipinski definition) is 2. The van der Waals surface area contributed by atoms with Crippen LogP contribution in [-0.2, 0) is 10.5 Å². The highest BCUT2D eigenvalue weighted by atomic mass is 35.5. The van der Waals surface area contributed by atoms with Crippen LogP contribution in [-0.4, -0.2) is 21.6 Å². The average molecular weight is 408 g/mol. The summed E-state index contributed by atoms with van der Waals surface area (Å²) in [7, 11) is 0. The molecule has 1 aromatic heterocycles. The van der Waals surface area contributed by atoms with Crippen LogP contribution in [0.1, 0.15) is 5.56 Å². The number of halogens is 1. The van der Waals surface area contributed by atoms with Crippen molar-refractivity contribution >= 4 is 46.0 Å². The molecule has 0 aliphatic heterocycles. The smallest absolute Gasteiger partial charge is 0.234 e. The van der Waals surface area contributed by atoms with Crippen LogP contribution < -0.4 is 5.32 Å². The lowest BCUT2D eigenvalue weighted by Gasteiger charge is -2.07. The molecule has 0 aliphatic carbocycles. The fourth-order valence-corrected chi connectivity index (χ4v) is 4.01. The number of aromatic nitrogens is 2. The monoisotopic (exact) mass is 407 g/mol. The molecule has 2 N–H and O–H groups in total. The molecule has 0 aliphatic rings. The zero-order valence-corrected chi connectivity index (χ0v) is 16.6. The zero-order valence-electron chi connectivity index (χ0n) is 15.0. The van der Waals surface area contributed by atoms with Gasteiger partial charge in [-0.15, -0.1) is 11.8 Å². The van der Waals surface area contributed by atoms with Gasteiger partial charge in [-0.05, 0) is 35.9 Å². The van der Waals surface area contributed by atoms with Crippen LogP contribution in [0.5, 0.6) is 0 Å². The number of amides is 1. The fraction of sp³-hybridized carbons (Fsp3) is 0.0909. The molecule has 140 valence electrons. The molecule has 0 fully saturated rings. The lowest BCUT2D eigenvalue weighted by Crippen LogP contribution is -2.14. The topological polar surface area (TPSA) is 57.8 Å². The number of nitrogens with one attached hydrogen (secondary N) is 2. The minimum atomic E-state index is -0.0428. The highest BCUT2D eigenvalue weighted by Crippen LogP contribution is 2.24. The quantitative estimate of drug-likeness (QED) is 0.427. The van der Waals surface area contributed by atoms with Crippen LogP contribution in [0.4, 0.5) is 5.69 Å². The Kier molecular flexibility index (Phi) is 5.65. The molecule has 0 saturated heterocycles. The first-order valence-corrected chi connectivity index (χ1v) is 10.4. The summed E-state index contributed by atoms with van der Waals surface area (Å²) in [6, 6.07) is 23.3. The van der Waals surface area contributed by atoms with Crippen molar-refractivity contribution in [3.05, 3.63) is 83.4 Å². The number of hydrogen-bond acceptors (Lipinski definition) is 3. The summed E-state index contributed by atoms with van der Waals surface area (Å²) in [5.41, 5.74) is 4.62. The molecule has 0 bridgehead atoms. The molecular weight excluding hydrogens is 390 g/mol. The molecule has 0 saturated carbocycles. The molecule has 1 amide bonds. The second-order valence-corrected chi connectivity index (χ2v) is 7.71. The van der Waals surface area contributed by atoms with E-state index in [0.717, 1.165) is 38.7 Å². The van der Waals surface area contributed by atoms with Crippen LogP contribution in [0, 0.1) is 0 Å². The number of carbonyl (C=O) groups excluding carboxylic acids is 1. The van der Waals surface area contributed by atoms with Gasteiger partial charge in [0.15, 0.2) is 0 Å². The third-order valence-electron chi connectivity index (χ3n) is 4.26. The van der Waals surface area contributed by atoms with E-state index < -0.39 is 0 Å². The van der Waals surface area contributed by atoms with Crippen molar-refractivity contribution in [1.82, 2.24) is 9.97 Å². The Bertz CT molecular complexity index is 1090. The number of anilines is 1. The Labute approximate surface area is 172 Å². The minimum absolute atomic E-state index is 0.0428. The largest absolute Gasteiger partial charge is 0.338 e. The van der Waals surface area contributed by atoms with E-state index >= 15 is 0 Å². The van der Waals surface area contributed by atoms with Gasteiger partial charge < -0.3 is 10.3 Å². The maximum absolute atomic E-state index is 12.3. The molecule has 0 atom stereocenters. The Morgan fingerprint density at radius 3 is 2.71 bits per heavy atom. The second kappa shape index (κ2) is 8.50. The van der Waals surface area contributed by atoms with Crippen LogP contribution in [0.2, 0.25) is 5.02 Å². The summed E-state index contributed by atoms with van der Waals surface area (Å²) < 4.78 is 0. The third-order valence-corrected chi connectivity index (χ3v) is 5.61. The number of benzene rings is 3. The van der Waals surface area contributed by atoms with Gasteiger partial charge in [0.05, 0.1) is 16.8 Å². The van der Waals surface area contributed by atoms with E-state index in [9.17, 15) is 4.79 Å². The van der Waals surface area contributed by atoms with Crippen molar-refractivity contribution in [2.75, 3.05) is 11.1 Å². The first kappa shape index (κ1) is 18.6. The van der Waals surface area contributed by atoms with E-state index in [4.69, 9.17) is 11.6 Å². The van der Waals surface area contributed by atoms with Crippen molar-refractivity contribution in [2.24, 2.45) is 0 Å². The molecule has 4 rings (SSSR count). The Balaban J connectivity index is 1.39. The normalized spacial score (nSPS) is 10.9. The molecule has 4 nitrogen and oxygen atoms in total. The van der Waals surface area contributed by atoms with E-state index in [-0.39, 0.29) is 5.91 Å². The lowest BCUT2D eigenvalue weighted by atomic mass is 10.2. The van der Waals surface area contributed by atoms with Gasteiger partial charge in [-0.2, -0.15) is 0 Å². The number of imidazole rings is 1. The standard InChI is InChI=1S/C22H18ClN3OS/c23-18-9-2-1-6-16(18)13-28-14-21(27)24-17-8-5-7-15(12-17)22-25-19-10-3-4-11-20(19)26-22/h1-12H,13-14H2,(H,24,27)(H,25,26). The summed E-state index contributed by atoms with van der Waals surface area (Å²) in [6.45, 7) is 0. The number of carbonyl (C=O) groups is 1. The SMILES string of the molecule is O=C(CSCc1ccccc1Cl)Nc1cccc(-c2nc3ccccc3[nH]2)c1. The molecule has 3 aromatic carbocycles. The van der Waals surface area contributed by atoms with Crippen LogP contribution in [0.15, 0.2) is 72.8 Å². The maximum atomic E-state index is 12.3. The summed E-state index contributed by atoms with van der Waals surface area (Å²) in [4.78, 5) is 20.2. The predicted molar refractivity (Wildman–Crippen MR) is 118 cm³/mol. The summed E-state index contributed by atoms with van der Waals surface area (Å²) >= 11 is 7.69. The molecule has 0 radical (unpaired) electrons. The van der Waals surface area contributed by atoms with Gasteiger partial charge >= 0.3 is 0 Å². The summed E-state index contributed by atoms with van der Waals surface area (Å²) in [5, 5.41) is 3.68. The maximum Gasteiger partial charge on any atom is 0.234 e. The van der Waals surface area contributed by atoms with Gasteiger partial charge in [0, 0.05) is 22.0 Å². The van der Waals surface area contributed by atoms with E-state index in [1.165, 1.54) is 11.8 Å². The predicted octanol–water partition coefficient (Wildman–Crippen LogP) is 5.76. The van der Waals surface area contributed by atoms with E-state index in [0.29, 0.717) is 11.5 Å². The highest BCUT2D eigenvalue weighted by molar-refractivity contribution is 7.99. The number of para-hydroxylation sites is 2. The van der Waals surface area contributed by atoms with Crippen LogP contribution in [0.25, 0.3) is 22.4 Å². The van der Waals surface area contributed by atoms with Crippen LogP contribution >= 0.6 is 23.4 Å². The van der Waals surface area contributed by atoms with Gasteiger partial charge in [0.2, 0.25) is 5.91 Å². The Morgan fingerprint density at radius 1 is 1.04 bits per heavy atom. The Morgan fingerprint density at radius 2 is 1.86 bits per heavy atom. The minimum Gasteiger partial charge on any atom is -0.338 e. The first-order chi connectivity index (χ1) is 13.7. The molecule has 1 heterocycles. The molecule has 0 unspecified atom stereocenters. The van der Waals surface area contributed by atoms with Crippen molar-refractivity contribution in [1.29, 1.82) is 0 Å². The van der Waals surface area contributed by atoms with Gasteiger partial charge in [-0.25, -0.2) is 4.98 Å². The molecule has 0 spiro atoms. The molecule has 28 heavy (non-hydrogen) atoms. The van der Waals surface area contributed by atoms with Crippen LogP contribution in [0.3, 0.4) is 0 Å². The van der Waals surface area contributed by atoms with Gasteiger partial charge in [-0.1, -0.05) is 54.1 Å². The van der Waals surface area contributed by atoms with Gasteiger partial charge in [-0.3, -0.25) is 4.79 Å². The molecular formula is C22H18ClN3OS. The summed E-state index contributed by atoms with van der Waals surface area (Å²) in [6.07, 6.45) is 0. The zero-order chi connectivity index (χ0) is 19.3. The van der Waals surface area contributed by atoms with Gasteiger partial charge in [0.25, 0.3) is 0 Å². The van der Waals surface area contributed by atoms with Gasteiger partial charge in [0.1, 0.15) is 5.82 Å². The van der Waals surface area contributed by atoms with E-state index in [1.54, 1.807) is 0 Å². The van der Waals surface area contributed by atoms with Crippen molar-refractivity contribution in [3.63, 3.8) is 0 Å². The Hall–Kier alpha value is -2.76. The first-order valence-electron chi connectivity index (χ1n) is 8.85. The van der Waals surface area contributed by atoms with E-state index in [1.807, 2.05) is 72.8 Å². The number of rotatable bonds is 6. The average Bonchev–Trinajstić information content (AvgIpc) is 3.14. The number of fused-ring (bicyclic) bond motifs is 1. The lowest BCUT2D eigenvalue weighted by molar-refractivity contribution is -0.113. The molecule has 4 aromatic rings. The highest BCUT2D eigenvalue weighted by Gasteiger charge is 2.08. The number of thioether (sulfide) groups is 1. The summed E-state index contributed by atoms with van der Waals surface area (Å²) in [5.74, 6) is 1.80. The number of nitrogens with zero attached hydrogens (tertiary/aromatic N) is 1. The third kappa shape index (κ3) is 4.38. The van der Waals surface area contributed by atoms with Crippen molar-refractivity contribution < 1.29 is 4.79 Å². The number of H-pyrrole nitrogens is 1. The molecule has 6 heteroatoms. The van der Waals surface area contributed by atoms with Crippen molar-refractivity contribution in [3.8, 4) is 11.4 Å². The fourth-order valence-electron chi connectivity index (χ4n) is 2.90. The second-order valence-electron chi connectivity index (χ2n) is 6.32. The van der Waals surface area contributed by atoms with Crippen molar-refractivity contribution in [2.45, 2.75) is 5.75 Å². The number of aromatic amines is 1.